The minimum absolute atomic E-state index is 0.144. The number of hydrogen-bond donors (Lipinski definition) is 3. The molecule has 0 saturated carbocycles. The predicted octanol–water partition coefficient (Wildman–Crippen LogP) is 2.97. The number of allylic oxidation sites excluding steroid dienone is 3. The molecular weight excluding hydrogens is 424 g/mol. The third kappa shape index (κ3) is 6.82. The number of hydrogen-bond acceptors (Lipinski definition) is 7. The molecule has 2 heterocycles. The predicted molar refractivity (Wildman–Crippen MR) is 130 cm³/mol. The van der Waals surface area contributed by atoms with Crippen LogP contribution in [0.1, 0.15) is 57.4 Å². The van der Waals surface area contributed by atoms with Crippen LogP contribution in [0.4, 0.5) is 5.13 Å². The average molecular weight is 459 g/mol. The van der Waals surface area contributed by atoms with Crippen LogP contribution in [0.5, 0.6) is 0 Å². The first-order valence-electron chi connectivity index (χ1n) is 11.3. The summed E-state index contributed by atoms with van der Waals surface area (Å²) < 4.78 is 0. The molecule has 2 amide bonds. The fourth-order valence-electron chi connectivity index (χ4n) is 3.92. The molecule has 1 saturated heterocycles. The van der Waals surface area contributed by atoms with E-state index in [0.717, 1.165) is 31.6 Å². The Labute approximate surface area is 194 Å². The summed E-state index contributed by atoms with van der Waals surface area (Å²) in [5.41, 5.74) is 1.85. The number of anilines is 1. The van der Waals surface area contributed by atoms with Crippen LogP contribution in [-0.2, 0) is 4.79 Å². The van der Waals surface area contributed by atoms with E-state index in [1.807, 2.05) is 12.2 Å². The summed E-state index contributed by atoms with van der Waals surface area (Å²) in [7, 11) is 0. The molecule has 1 aromatic rings. The number of nitrogens with zero attached hydrogens (tertiary/aromatic N) is 3. The topological polar surface area (TPSA) is 98.7 Å². The Bertz CT molecular complexity index is 888. The summed E-state index contributed by atoms with van der Waals surface area (Å²) in [4.78, 5) is 36.4. The van der Waals surface area contributed by atoms with Crippen molar-refractivity contribution in [2.75, 3.05) is 25.0 Å². The smallest absolute Gasteiger partial charge is 0.270 e. The number of carbonyl (C=O) groups is 2. The van der Waals surface area contributed by atoms with E-state index in [-0.39, 0.29) is 18.0 Å². The molecule has 0 radical (unpaired) electrons. The van der Waals surface area contributed by atoms with Gasteiger partial charge in [-0.25, -0.2) is 4.98 Å². The van der Waals surface area contributed by atoms with E-state index in [0.29, 0.717) is 41.4 Å². The molecule has 8 nitrogen and oxygen atoms in total. The van der Waals surface area contributed by atoms with Crippen molar-refractivity contribution in [3.05, 3.63) is 34.9 Å². The number of rotatable bonds is 9. The molecule has 0 bridgehead atoms. The van der Waals surface area contributed by atoms with E-state index in [2.05, 4.69) is 53.5 Å². The fraction of sp³-hybridized carbons (Fsp3) is 0.565. The van der Waals surface area contributed by atoms with Gasteiger partial charge in [-0.3, -0.25) is 30.1 Å². The second-order valence-electron chi connectivity index (χ2n) is 8.63. The fourth-order valence-corrected chi connectivity index (χ4v) is 4.61. The summed E-state index contributed by atoms with van der Waals surface area (Å²) >= 11 is 1.25. The second kappa shape index (κ2) is 11.5. The Morgan fingerprint density at radius 3 is 2.75 bits per heavy atom. The minimum atomic E-state index is -0.229. The van der Waals surface area contributed by atoms with Gasteiger partial charge < -0.3 is 5.32 Å². The molecule has 3 rings (SSSR count). The number of aromatic nitrogens is 1. The van der Waals surface area contributed by atoms with Crippen molar-refractivity contribution >= 4 is 34.0 Å². The van der Waals surface area contributed by atoms with Gasteiger partial charge in [-0.2, -0.15) is 0 Å². The average Bonchev–Trinajstić information content (AvgIpc) is 3.43. The van der Waals surface area contributed by atoms with Crippen molar-refractivity contribution in [1.29, 1.82) is 0 Å². The lowest BCUT2D eigenvalue weighted by Crippen LogP contribution is -2.42. The minimum Gasteiger partial charge on any atom is -0.349 e. The Hall–Kier alpha value is -2.36. The zero-order valence-electron chi connectivity index (χ0n) is 19.4. The maximum atomic E-state index is 12.7. The van der Waals surface area contributed by atoms with Crippen LogP contribution in [0.3, 0.4) is 0 Å². The first kappa shape index (κ1) is 24.3. The first-order valence-corrected chi connectivity index (χ1v) is 12.2. The second-order valence-corrected chi connectivity index (χ2v) is 9.49. The summed E-state index contributed by atoms with van der Waals surface area (Å²) in [6.45, 7) is 10.9. The van der Waals surface area contributed by atoms with Gasteiger partial charge in [-0.05, 0) is 53.2 Å². The standard InChI is InChI=1S/C23H34N6O2S/c1-15(2)29(16(3)4)12-11-25-22(31)19-14-32-23(27-19)28-21(30)17-7-5-8-18(13-17)26-20-9-6-10-24-20/h5,7-8,14-16,20,24H,6,9-13H2,1-4H3,(H,25,31)(H,27,28,30)/b26-18+. The number of amides is 2. The van der Waals surface area contributed by atoms with Crippen molar-refractivity contribution in [3.63, 3.8) is 0 Å². The van der Waals surface area contributed by atoms with Gasteiger partial charge in [-0.1, -0.05) is 12.2 Å². The number of thiazole rings is 1. The largest absolute Gasteiger partial charge is 0.349 e. The number of carbonyl (C=O) groups excluding carboxylic acids is 2. The van der Waals surface area contributed by atoms with Crippen molar-refractivity contribution in [1.82, 2.24) is 20.5 Å². The molecule has 9 heteroatoms. The first-order chi connectivity index (χ1) is 15.3. The maximum absolute atomic E-state index is 12.7. The summed E-state index contributed by atoms with van der Waals surface area (Å²) in [6, 6.07) is 0.828. The van der Waals surface area contributed by atoms with Gasteiger partial charge >= 0.3 is 0 Å². The van der Waals surface area contributed by atoms with Crippen molar-refractivity contribution in [2.24, 2.45) is 4.99 Å². The van der Waals surface area contributed by atoms with Gasteiger partial charge in [0.15, 0.2) is 5.13 Å². The molecule has 1 unspecified atom stereocenters. The van der Waals surface area contributed by atoms with Crippen molar-refractivity contribution in [3.8, 4) is 0 Å². The molecule has 0 aromatic carbocycles. The molecule has 1 aromatic heterocycles. The van der Waals surface area contributed by atoms with Crippen molar-refractivity contribution in [2.45, 2.75) is 65.2 Å². The third-order valence-electron chi connectivity index (χ3n) is 5.54. The van der Waals surface area contributed by atoms with E-state index >= 15 is 0 Å². The maximum Gasteiger partial charge on any atom is 0.270 e. The number of aliphatic imine (C=N–C) groups is 1. The van der Waals surface area contributed by atoms with Crippen LogP contribution in [0, 0.1) is 0 Å². The van der Waals surface area contributed by atoms with Crippen LogP contribution in [0.25, 0.3) is 0 Å². The lowest BCUT2D eigenvalue weighted by Gasteiger charge is -2.30. The van der Waals surface area contributed by atoms with Gasteiger partial charge in [0.2, 0.25) is 0 Å². The molecule has 1 fully saturated rings. The van der Waals surface area contributed by atoms with E-state index in [1.54, 1.807) is 11.5 Å². The molecule has 32 heavy (non-hydrogen) atoms. The molecule has 1 aliphatic carbocycles. The highest BCUT2D eigenvalue weighted by Gasteiger charge is 2.19. The van der Waals surface area contributed by atoms with Crippen LogP contribution in [0.2, 0.25) is 0 Å². The van der Waals surface area contributed by atoms with Crippen LogP contribution in [-0.4, -0.2) is 65.3 Å². The summed E-state index contributed by atoms with van der Waals surface area (Å²) in [5, 5.41) is 11.2. The highest BCUT2D eigenvalue weighted by Crippen LogP contribution is 2.19. The Morgan fingerprint density at radius 1 is 1.28 bits per heavy atom. The Morgan fingerprint density at radius 2 is 2.06 bits per heavy atom. The molecule has 0 spiro atoms. The highest BCUT2D eigenvalue weighted by molar-refractivity contribution is 7.14. The molecule has 3 N–H and O–H groups in total. The van der Waals surface area contributed by atoms with Crippen LogP contribution >= 0.6 is 11.3 Å². The molecular formula is C23H34N6O2S. The summed E-state index contributed by atoms with van der Waals surface area (Å²) in [5.74, 6) is -0.445. The van der Waals surface area contributed by atoms with Crippen molar-refractivity contribution < 1.29 is 9.59 Å². The molecule has 174 valence electrons. The lowest BCUT2D eigenvalue weighted by molar-refractivity contribution is -0.112. The lowest BCUT2D eigenvalue weighted by atomic mass is 10.0. The van der Waals surface area contributed by atoms with Crippen LogP contribution in [0.15, 0.2) is 34.2 Å². The molecule has 2 aliphatic rings. The molecule has 1 atom stereocenters. The van der Waals surface area contributed by atoms with Gasteiger partial charge in [-0.15, -0.1) is 11.3 Å². The zero-order valence-corrected chi connectivity index (χ0v) is 20.2. The van der Waals surface area contributed by atoms with E-state index in [9.17, 15) is 9.59 Å². The quantitative estimate of drug-likeness (QED) is 0.528. The van der Waals surface area contributed by atoms with Gasteiger partial charge in [0, 0.05) is 48.3 Å². The van der Waals surface area contributed by atoms with E-state index in [4.69, 9.17) is 4.99 Å². The summed E-state index contributed by atoms with van der Waals surface area (Å²) in [6.07, 6.45) is 8.38. The Kier molecular flexibility index (Phi) is 8.72. The van der Waals surface area contributed by atoms with E-state index in [1.165, 1.54) is 11.3 Å². The monoisotopic (exact) mass is 458 g/mol. The van der Waals surface area contributed by atoms with Gasteiger partial charge in [0.1, 0.15) is 5.69 Å². The van der Waals surface area contributed by atoms with Gasteiger partial charge in [0.05, 0.1) is 6.17 Å². The highest BCUT2D eigenvalue weighted by atomic mass is 32.1. The van der Waals surface area contributed by atoms with E-state index < -0.39 is 0 Å². The SMILES string of the molecule is CC(C)N(CCNC(=O)c1csc(NC(=O)C2=CC=C/C(=N\C3CCCN3)C2)n1)C(C)C. The third-order valence-corrected chi connectivity index (χ3v) is 6.30. The van der Waals surface area contributed by atoms with Crippen LogP contribution < -0.4 is 16.0 Å². The Balaban J connectivity index is 1.50. The van der Waals surface area contributed by atoms with Gasteiger partial charge in [0.25, 0.3) is 11.8 Å². The molecule has 1 aliphatic heterocycles. The number of nitrogens with one attached hydrogen (secondary N) is 3. The zero-order chi connectivity index (χ0) is 23.1. The normalized spacial score (nSPS) is 19.8.